The Morgan fingerprint density at radius 2 is 1.88 bits per heavy atom. The number of benzene rings is 3. The van der Waals surface area contributed by atoms with Gasteiger partial charge in [-0.25, -0.2) is 4.39 Å². The average molecular weight is 575 g/mol. The first-order valence-corrected chi connectivity index (χ1v) is 13.3. The Balaban J connectivity index is 1.57. The SMILES string of the molecule is Cc1noc([C@H]2[C@@H]3Oc4ccc(F)cc4C(=O)[C@H]3C[C@]3(C(=O)Oc4ccccc43)[C@@H]2c2cccc(Cl)c2)c1[N+](=O)[O-]. The lowest BCUT2D eigenvalue weighted by molar-refractivity contribution is -0.387. The highest BCUT2D eigenvalue weighted by atomic mass is 35.5. The summed E-state index contributed by atoms with van der Waals surface area (Å²) in [6, 6.07) is 17.3. The summed E-state index contributed by atoms with van der Waals surface area (Å²) in [6.07, 6.45) is -1.08. The summed E-state index contributed by atoms with van der Waals surface area (Å²) < 4.78 is 32.1. The minimum Gasteiger partial charge on any atom is -0.488 e. The Bertz CT molecular complexity index is 1790. The van der Waals surface area contributed by atoms with E-state index in [1.54, 1.807) is 48.5 Å². The minimum atomic E-state index is -1.49. The van der Waals surface area contributed by atoms with Gasteiger partial charge in [-0.1, -0.05) is 47.1 Å². The number of para-hydroxylation sites is 1. The smallest absolute Gasteiger partial charge is 0.334 e. The molecule has 0 amide bonds. The van der Waals surface area contributed by atoms with Gasteiger partial charge in [0.15, 0.2) is 11.5 Å². The fourth-order valence-corrected chi connectivity index (χ4v) is 7.10. The zero-order valence-corrected chi connectivity index (χ0v) is 22.1. The van der Waals surface area contributed by atoms with Gasteiger partial charge in [-0.15, -0.1) is 0 Å². The topological polar surface area (TPSA) is 122 Å². The summed E-state index contributed by atoms with van der Waals surface area (Å²) in [5.74, 6) is -4.34. The minimum absolute atomic E-state index is 0.0317. The summed E-state index contributed by atoms with van der Waals surface area (Å²) in [5, 5.41) is 16.6. The maximum Gasteiger partial charge on any atom is 0.334 e. The molecule has 0 saturated heterocycles. The predicted molar refractivity (Wildman–Crippen MR) is 142 cm³/mol. The molecule has 3 aromatic carbocycles. The molecule has 3 heterocycles. The summed E-state index contributed by atoms with van der Waals surface area (Å²) in [7, 11) is 0. The van der Waals surface area contributed by atoms with Crippen LogP contribution in [0.25, 0.3) is 0 Å². The van der Waals surface area contributed by atoms with Crippen molar-refractivity contribution in [3.05, 3.63) is 116 Å². The standard InChI is InChI=1S/C30H20ClFN2O7/c1-14-25(34(37)38)28(41-33-14)23-24(15-5-4-6-16(31)11-15)30(20-7-2-3-8-22(20)40-29(30)36)13-19-26(35)18-12-17(32)9-10-21(18)39-27(19)23/h2-12,19,23-24,27H,13H2,1H3/t19-,23-,24-,27-,30-/m1/s1. The van der Waals surface area contributed by atoms with Crippen molar-refractivity contribution < 1.29 is 32.9 Å². The van der Waals surface area contributed by atoms with Gasteiger partial charge in [0, 0.05) is 16.5 Å². The lowest BCUT2D eigenvalue weighted by Gasteiger charge is -2.51. The second-order valence-electron chi connectivity index (χ2n) is 10.6. The van der Waals surface area contributed by atoms with Crippen molar-refractivity contribution >= 4 is 29.0 Å². The Hall–Kier alpha value is -4.57. The van der Waals surface area contributed by atoms with E-state index in [0.717, 1.165) is 6.07 Å². The fraction of sp³-hybridized carbons (Fsp3) is 0.233. The molecule has 3 aliphatic rings. The van der Waals surface area contributed by atoms with Crippen LogP contribution in [0.15, 0.2) is 71.3 Å². The summed E-state index contributed by atoms with van der Waals surface area (Å²) in [6.45, 7) is 1.44. The van der Waals surface area contributed by atoms with Crippen LogP contribution in [-0.2, 0) is 10.2 Å². The Morgan fingerprint density at radius 1 is 1.07 bits per heavy atom. The molecule has 5 atom stereocenters. The molecular weight excluding hydrogens is 555 g/mol. The molecule has 0 unspecified atom stereocenters. The number of halogens is 2. The largest absolute Gasteiger partial charge is 0.488 e. The second kappa shape index (κ2) is 8.97. The number of carbonyl (C=O) groups excluding carboxylic acids is 2. The number of carbonyl (C=O) groups is 2. The highest BCUT2D eigenvalue weighted by Gasteiger charge is 2.67. The zero-order chi connectivity index (χ0) is 28.6. The molecule has 9 nitrogen and oxygen atoms in total. The molecule has 11 heteroatoms. The molecule has 1 spiro atoms. The molecule has 0 radical (unpaired) electrons. The predicted octanol–water partition coefficient (Wildman–Crippen LogP) is 6.07. The normalized spacial score (nSPS) is 26.1. The van der Waals surface area contributed by atoms with Gasteiger partial charge in [0.05, 0.1) is 22.3 Å². The lowest BCUT2D eigenvalue weighted by Crippen LogP contribution is -2.57. The second-order valence-corrected chi connectivity index (χ2v) is 11.0. The molecule has 7 rings (SSSR count). The third kappa shape index (κ3) is 3.56. The van der Waals surface area contributed by atoms with Crippen molar-refractivity contribution in [2.45, 2.75) is 36.7 Å². The van der Waals surface area contributed by atoms with Crippen LogP contribution in [0.2, 0.25) is 5.02 Å². The van der Waals surface area contributed by atoms with Gasteiger partial charge in [-0.3, -0.25) is 19.7 Å². The van der Waals surface area contributed by atoms with Gasteiger partial charge in [-0.2, -0.15) is 0 Å². The molecule has 0 bridgehead atoms. The number of ketones is 1. The van der Waals surface area contributed by atoms with Crippen LogP contribution < -0.4 is 9.47 Å². The number of hydrogen-bond acceptors (Lipinski definition) is 8. The van der Waals surface area contributed by atoms with E-state index in [1.807, 2.05) is 0 Å². The Kier molecular flexibility index (Phi) is 5.56. The monoisotopic (exact) mass is 574 g/mol. The Morgan fingerprint density at radius 3 is 2.66 bits per heavy atom. The van der Waals surface area contributed by atoms with Crippen molar-refractivity contribution in [1.82, 2.24) is 5.16 Å². The molecule has 41 heavy (non-hydrogen) atoms. The van der Waals surface area contributed by atoms with Crippen molar-refractivity contribution in [3.8, 4) is 11.5 Å². The number of ether oxygens (including phenoxy) is 2. The third-order valence-corrected chi connectivity index (χ3v) is 8.71. The molecule has 1 aromatic heterocycles. The summed E-state index contributed by atoms with van der Waals surface area (Å²) in [5.41, 5.74) is -0.715. The van der Waals surface area contributed by atoms with Gasteiger partial charge in [-0.05, 0) is 55.3 Å². The van der Waals surface area contributed by atoms with Crippen LogP contribution in [0.1, 0.15) is 51.2 Å². The molecular formula is C30H20ClFN2O7. The van der Waals surface area contributed by atoms with Crippen LogP contribution in [0.3, 0.4) is 0 Å². The van der Waals surface area contributed by atoms with E-state index in [1.165, 1.54) is 19.1 Å². The number of fused-ring (bicyclic) bond motifs is 4. The molecule has 1 fully saturated rings. The molecule has 206 valence electrons. The van der Waals surface area contributed by atoms with Crippen molar-refractivity contribution in [2.24, 2.45) is 5.92 Å². The van der Waals surface area contributed by atoms with E-state index in [2.05, 4.69) is 5.16 Å². The first kappa shape index (κ1) is 25.4. The molecule has 4 aromatic rings. The van der Waals surface area contributed by atoms with E-state index in [-0.39, 0.29) is 34.9 Å². The van der Waals surface area contributed by atoms with Crippen molar-refractivity contribution in [1.29, 1.82) is 0 Å². The van der Waals surface area contributed by atoms with Crippen LogP contribution in [0.5, 0.6) is 11.5 Å². The van der Waals surface area contributed by atoms with Crippen LogP contribution in [-0.4, -0.2) is 27.9 Å². The van der Waals surface area contributed by atoms with E-state index < -0.39 is 51.8 Å². The molecule has 1 saturated carbocycles. The van der Waals surface area contributed by atoms with Gasteiger partial charge >= 0.3 is 11.7 Å². The van der Waals surface area contributed by atoms with Gasteiger partial charge < -0.3 is 14.0 Å². The third-order valence-electron chi connectivity index (χ3n) is 8.47. The number of nitrogens with zero attached hydrogens (tertiary/aromatic N) is 2. The first-order valence-electron chi connectivity index (χ1n) is 12.9. The van der Waals surface area contributed by atoms with Gasteiger partial charge in [0.2, 0.25) is 5.76 Å². The van der Waals surface area contributed by atoms with E-state index in [9.17, 15) is 24.1 Å². The Labute approximate surface area is 237 Å². The van der Waals surface area contributed by atoms with Crippen molar-refractivity contribution in [2.75, 3.05) is 0 Å². The quantitative estimate of drug-likeness (QED) is 0.125. The number of nitro groups is 1. The fourth-order valence-electron chi connectivity index (χ4n) is 6.91. The maximum absolute atomic E-state index is 14.3. The number of hydrogen-bond donors (Lipinski definition) is 0. The van der Waals surface area contributed by atoms with Gasteiger partial charge in [0.1, 0.15) is 28.8 Å². The van der Waals surface area contributed by atoms with E-state index in [4.69, 9.17) is 25.6 Å². The summed E-state index contributed by atoms with van der Waals surface area (Å²) in [4.78, 5) is 39.9. The molecule has 2 aliphatic heterocycles. The highest BCUT2D eigenvalue weighted by Crippen LogP contribution is 2.64. The van der Waals surface area contributed by atoms with Crippen LogP contribution >= 0.6 is 11.6 Å². The number of aryl methyl sites for hydroxylation is 1. The first-order chi connectivity index (χ1) is 19.7. The maximum atomic E-state index is 14.3. The van der Waals surface area contributed by atoms with Crippen LogP contribution in [0, 0.1) is 28.8 Å². The lowest BCUT2D eigenvalue weighted by atomic mass is 9.52. The van der Waals surface area contributed by atoms with Crippen molar-refractivity contribution in [3.63, 3.8) is 0 Å². The number of aromatic nitrogens is 1. The molecule has 1 aliphatic carbocycles. The molecule has 0 N–H and O–H groups in total. The van der Waals surface area contributed by atoms with E-state index in [0.29, 0.717) is 21.9 Å². The highest BCUT2D eigenvalue weighted by molar-refractivity contribution is 6.30. The summed E-state index contributed by atoms with van der Waals surface area (Å²) >= 11 is 6.44. The van der Waals surface area contributed by atoms with E-state index >= 15 is 0 Å². The average Bonchev–Trinajstić information content (AvgIpc) is 3.46. The number of rotatable bonds is 3. The number of esters is 1. The zero-order valence-electron chi connectivity index (χ0n) is 21.4. The van der Waals surface area contributed by atoms with Gasteiger partial charge in [0.25, 0.3) is 0 Å². The number of Topliss-reactive ketones (excluding diaryl/α,β-unsaturated/α-hetero) is 1. The van der Waals surface area contributed by atoms with Crippen LogP contribution in [0.4, 0.5) is 10.1 Å².